The van der Waals surface area contributed by atoms with Gasteiger partial charge < -0.3 is 10.2 Å². The molecule has 1 aromatic carbocycles. The predicted octanol–water partition coefficient (Wildman–Crippen LogP) is 3.16. The minimum absolute atomic E-state index is 0.0619. The first-order valence-electron chi connectivity index (χ1n) is 8.64. The first-order chi connectivity index (χ1) is 11.4. The number of benzene rings is 1. The smallest absolute Gasteiger partial charge is 0.341 e. The number of carbonyl (C=O) groups excluding carboxylic acids is 1. The van der Waals surface area contributed by atoms with Crippen LogP contribution in [0.5, 0.6) is 0 Å². The Bertz CT molecular complexity index is 645. The summed E-state index contributed by atoms with van der Waals surface area (Å²) < 4.78 is 38.5. The molecule has 2 heterocycles. The number of nitrogens with one attached hydrogen (secondary N) is 1. The van der Waals surface area contributed by atoms with Crippen molar-refractivity contribution in [3.8, 4) is 0 Å². The van der Waals surface area contributed by atoms with E-state index in [2.05, 4.69) is 5.32 Å². The van der Waals surface area contributed by atoms with Crippen LogP contribution in [-0.2, 0) is 11.0 Å². The van der Waals surface area contributed by atoms with Crippen LogP contribution in [0.25, 0.3) is 0 Å². The molecule has 2 saturated heterocycles. The Morgan fingerprint density at radius 1 is 1.17 bits per heavy atom. The van der Waals surface area contributed by atoms with Crippen molar-refractivity contribution in [2.24, 2.45) is 5.92 Å². The number of hydrogen-bond donors (Lipinski definition) is 1. The minimum atomic E-state index is -4.33. The number of fused-ring (bicyclic) bond motifs is 2. The van der Waals surface area contributed by atoms with Crippen LogP contribution in [0, 0.1) is 5.92 Å². The SMILES string of the molecule is O=C(C1CC1c1cccc(C(F)(F)F)c1)N1CCC2CCC(C1)N2. The fraction of sp³-hybridized carbons (Fsp3) is 0.611. The maximum Gasteiger partial charge on any atom is 0.416 e. The van der Waals surface area contributed by atoms with Gasteiger partial charge in [-0.1, -0.05) is 18.2 Å². The zero-order chi connectivity index (χ0) is 16.9. The normalized spacial score (nSPS) is 32.5. The van der Waals surface area contributed by atoms with Gasteiger partial charge in [-0.15, -0.1) is 0 Å². The molecule has 0 spiro atoms. The van der Waals surface area contributed by atoms with E-state index >= 15 is 0 Å². The molecule has 3 aliphatic rings. The lowest BCUT2D eigenvalue weighted by molar-refractivity contribution is -0.137. The highest BCUT2D eigenvalue weighted by atomic mass is 19.4. The molecule has 4 unspecified atom stereocenters. The van der Waals surface area contributed by atoms with Crippen molar-refractivity contribution in [2.45, 2.75) is 49.9 Å². The van der Waals surface area contributed by atoms with E-state index in [1.807, 2.05) is 4.90 Å². The Morgan fingerprint density at radius 3 is 2.75 bits per heavy atom. The molecule has 1 amide bonds. The average molecular weight is 338 g/mol. The van der Waals surface area contributed by atoms with Gasteiger partial charge in [-0.05, 0) is 43.2 Å². The Balaban J connectivity index is 1.43. The summed E-state index contributed by atoms with van der Waals surface area (Å²) in [6.07, 6.45) is -0.402. The zero-order valence-electron chi connectivity index (χ0n) is 13.4. The van der Waals surface area contributed by atoms with Crippen LogP contribution in [0.4, 0.5) is 13.2 Å². The summed E-state index contributed by atoms with van der Waals surface area (Å²) in [6, 6.07) is 6.33. The van der Waals surface area contributed by atoms with Crippen LogP contribution >= 0.6 is 0 Å². The molecule has 1 saturated carbocycles. The minimum Gasteiger partial charge on any atom is -0.341 e. The molecule has 24 heavy (non-hydrogen) atoms. The molecule has 2 aliphatic heterocycles. The van der Waals surface area contributed by atoms with Gasteiger partial charge in [-0.3, -0.25) is 4.79 Å². The number of amides is 1. The summed E-state index contributed by atoms with van der Waals surface area (Å²) in [5.41, 5.74) is 0.00650. The topological polar surface area (TPSA) is 32.3 Å². The molecule has 3 fully saturated rings. The van der Waals surface area contributed by atoms with Gasteiger partial charge in [-0.2, -0.15) is 13.2 Å². The van der Waals surface area contributed by atoms with Gasteiger partial charge in [0.15, 0.2) is 0 Å². The zero-order valence-corrected chi connectivity index (χ0v) is 13.4. The second kappa shape index (κ2) is 5.76. The molecular weight excluding hydrogens is 317 g/mol. The lowest BCUT2D eigenvalue weighted by Crippen LogP contribution is -2.40. The third-order valence-electron chi connectivity index (χ3n) is 5.58. The number of halogens is 3. The van der Waals surface area contributed by atoms with Crippen LogP contribution in [0.3, 0.4) is 0 Å². The van der Waals surface area contributed by atoms with E-state index in [1.165, 1.54) is 18.6 Å². The van der Waals surface area contributed by atoms with Crippen molar-refractivity contribution >= 4 is 5.91 Å². The summed E-state index contributed by atoms with van der Waals surface area (Å²) in [7, 11) is 0. The highest BCUT2D eigenvalue weighted by Gasteiger charge is 2.47. The van der Waals surface area contributed by atoms with Crippen molar-refractivity contribution in [2.75, 3.05) is 13.1 Å². The van der Waals surface area contributed by atoms with E-state index in [1.54, 1.807) is 6.07 Å². The molecule has 1 aliphatic carbocycles. The Kier molecular flexibility index (Phi) is 3.82. The summed E-state index contributed by atoms with van der Waals surface area (Å²) in [5.74, 6) is -0.0925. The number of likely N-dealkylation sites (tertiary alicyclic amines) is 1. The number of carbonyl (C=O) groups is 1. The molecule has 6 heteroatoms. The van der Waals surface area contributed by atoms with Crippen molar-refractivity contribution < 1.29 is 18.0 Å². The summed E-state index contributed by atoms with van der Waals surface area (Å²) in [4.78, 5) is 14.7. The second-order valence-electron chi connectivity index (χ2n) is 7.28. The maximum atomic E-state index is 12.8. The molecular formula is C18H21F3N2O. The van der Waals surface area contributed by atoms with E-state index in [9.17, 15) is 18.0 Å². The van der Waals surface area contributed by atoms with Crippen molar-refractivity contribution in [3.05, 3.63) is 35.4 Å². The van der Waals surface area contributed by atoms with Gasteiger partial charge in [0, 0.05) is 31.1 Å². The third-order valence-corrected chi connectivity index (χ3v) is 5.58. The van der Waals surface area contributed by atoms with E-state index in [-0.39, 0.29) is 17.7 Å². The van der Waals surface area contributed by atoms with Gasteiger partial charge in [-0.25, -0.2) is 0 Å². The fourth-order valence-corrected chi connectivity index (χ4v) is 4.16. The third kappa shape index (κ3) is 3.04. The fourth-order valence-electron chi connectivity index (χ4n) is 4.16. The number of nitrogens with zero attached hydrogens (tertiary/aromatic N) is 1. The molecule has 0 radical (unpaired) electrons. The first kappa shape index (κ1) is 15.9. The van der Waals surface area contributed by atoms with Crippen LogP contribution in [0.2, 0.25) is 0 Å². The largest absolute Gasteiger partial charge is 0.416 e. The molecule has 1 N–H and O–H groups in total. The number of alkyl halides is 3. The standard InChI is InChI=1S/C18H21F3N2O/c19-18(20,21)12-3-1-2-11(8-12)15-9-16(15)17(24)23-7-6-13-4-5-14(10-23)22-13/h1-3,8,13-16,22H,4-7,9-10H2. The molecule has 4 atom stereocenters. The quantitative estimate of drug-likeness (QED) is 0.898. The lowest BCUT2D eigenvalue weighted by atomic mass is 10.0. The van der Waals surface area contributed by atoms with Crippen molar-refractivity contribution in [1.82, 2.24) is 10.2 Å². The Morgan fingerprint density at radius 2 is 1.96 bits per heavy atom. The van der Waals surface area contributed by atoms with E-state index in [4.69, 9.17) is 0 Å². The van der Waals surface area contributed by atoms with Crippen LogP contribution in [0.15, 0.2) is 24.3 Å². The highest BCUT2D eigenvalue weighted by Crippen LogP contribution is 2.49. The van der Waals surface area contributed by atoms with Crippen molar-refractivity contribution in [1.29, 1.82) is 0 Å². The van der Waals surface area contributed by atoms with Gasteiger partial charge in [0.1, 0.15) is 0 Å². The molecule has 2 bridgehead atoms. The summed E-state index contributed by atoms with van der Waals surface area (Å²) in [5, 5.41) is 3.55. The van der Waals surface area contributed by atoms with Gasteiger partial charge in [0.25, 0.3) is 0 Å². The molecule has 1 aromatic rings. The van der Waals surface area contributed by atoms with Gasteiger partial charge >= 0.3 is 6.18 Å². The van der Waals surface area contributed by atoms with Crippen LogP contribution < -0.4 is 5.32 Å². The van der Waals surface area contributed by atoms with Crippen LogP contribution in [0.1, 0.15) is 42.7 Å². The summed E-state index contributed by atoms with van der Waals surface area (Å²) in [6.45, 7) is 1.50. The average Bonchev–Trinajstić information content (AvgIpc) is 3.25. The van der Waals surface area contributed by atoms with Crippen LogP contribution in [-0.4, -0.2) is 36.0 Å². The molecule has 4 rings (SSSR count). The highest BCUT2D eigenvalue weighted by molar-refractivity contribution is 5.83. The second-order valence-corrected chi connectivity index (χ2v) is 7.28. The van der Waals surface area contributed by atoms with Crippen molar-refractivity contribution in [3.63, 3.8) is 0 Å². The van der Waals surface area contributed by atoms with Gasteiger partial charge in [0.2, 0.25) is 5.91 Å². The number of hydrogen-bond acceptors (Lipinski definition) is 2. The molecule has 0 aromatic heterocycles. The van der Waals surface area contributed by atoms with E-state index < -0.39 is 11.7 Å². The van der Waals surface area contributed by atoms with E-state index in [0.717, 1.165) is 32.0 Å². The molecule has 3 nitrogen and oxygen atoms in total. The monoisotopic (exact) mass is 338 g/mol. The molecule has 130 valence electrons. The van der Waals surface area contributed by atoms with E-state index in [0.29, 0.717) is 24.1 Å². The van der Waals surface area contributed by atoms with Gasteiger partial charge in [0.05, 0.1) is 5.56 Å². The first-order valence-corrected chi connectivity index (χ1v) is 8.64. The Hall–Kier alpha value is -1.56. The maximum absolute atomic E-state index is 12.8. The predicted molar refractivity (Wildman–Crippen MR) is 83.4 cm³/mol. The summed E-state index contributed by atoms with van der Waals surface area (Å²) >= 11 is 0. The number of rotatable bonds is 2. The lowest BCUT2D eigenvalue weighted by Gasteiger charge is -2.24. The Labute approximate surface area is 139 Å².